The molecule has 6 atom stereocenters. The number of hydrogen-bond donors (Lipinski definition) is 1. The van der Waals surface area contributed by atoms with Crippen LogP contribution >= 0.6 is 11.6 Å². The molecule has 21 nitrogen and oxygen atoms in total. The number of carbonyl (C=O) groups is 4. The van der Waals surface area contributed by atoms with E-state index < -0.39 is 113 Å². The number of anilines is 4. The van der Waals surface area contributed by atoms with E-state index in [9.17, 15) is 64.7 Å². The molecular formula is C36H31ClN8O13. The van der Waals surface area contributed by atoms with Crippen molar-refractivity contribution in [2.45, 2.75) is 18.8 Å². The standard InChI is InChI=1S/C36H31ClN8O13/c1-38(2)31-24(42(51)52)9-15(10-25(31)43(53)54)40-33(47)20-8-7-18-21(29(20)35(40)49)14-22-30(28(18)19-6-5-17(46)13-23(19)37)36(50)41(34(22)48)16-11-26(44(55)56)32(39(3)4)27(12-16)45(57)58/h5-7,9-13,20-22,28-30,46H,8,14H2,1-4H3. The number of fused-ring (bicyclic) bond motifs is 4. The van der Waals surface area contributed by atoms with Gasteiger partial charge in [0.15, 0.2) is 11.4 Å². The van der Waals surface area contributed by atoms with Crippen LogP contribution in [0.5, 0.6) is 5.75 Å². The zero-order valence-electron chi connectivity index (χ0n) is 30.8. The Bertz CT molecular complexity index is 2400. The van der Waals surface area contributed by atoms with Gasteiger partial charge in [-0.2, -0.15) is 0 Å². The van der Waals surface area contributed by atoms with Crippen molar-refractivity contribution in [3.05, 3.63) is 105 Å². The number of benzene rings is 3. The molecule has 0 aromatic heterocycles. The van der Waals surface area contributed by atoms with Gasteiger partial charge in [-0.05, 0) is 36.5 Å². The Kier molecular flexibility index (Phi) is 9.37. The molecule has 7 rings (SSSR count). The van der Waals surface area contributed by atoms with Crippen LogP contribution in [0.3, 0.4) is 0 Å². The smallest absolute Gasteiger partial charge is 0.301 e. The summed E-state index contributed by atoms with van der Waals surface area (Å²) in [5.41, 5.74) is -3.90. The van der Waals surface area contributed by atoms with Crippen molar-refractivity contribution in [2.24, 2.45) is 29.6 Å². The lowest BCUT2D eigenvalue weighted by Gasteiger charge is -2.44. The normalized spacial score (nSPS) is 23.6. The number of phenols is 1. The maximum atomic E-state index is 14.6. The van der Waals surface area contributed by atoms with Crippen molar-refractivity contribution < 1.29 is 44.0 Å². The molecule has 6 unspecified atom stereocenters. The van der Waals surface area contributed by atoms with E-state index in [1.165, 1.54) is 46.4 Å². The molecular weight excluding hydrogens is 788 g/mol. The van der Waals surface area contributed by atoms with E-state index in [0.29, 0.717) is 15.4 Å². The first kappa shape index (κ1) is 39.2. The molecule has 0 bridgehead atoms. The lowest BCUT2D eigenvalue weighted by molar-refractivity contribution is -0.392. The Labute approximate surface area is 331 Å². The van der Waals surface area contributed by atoms with Gasteiger partial charge >= 0.3 is 22.7 Å². The Balaban J connectivity index is 1.37. The summed E-state index contributed by atoms with van der Waals surface area (Å²) in [7, 11) is 5.41. The molecule has 3 aromatic carbocycles. The van der Waals surface area contributed by atoms with Crippen molar-refractivity contribution in [3.8, 4) is 5.75 Å². The number of nitrogens with zero attached hydrogens (tertiary/aromatic N) is 8. The molecule has 0 spiro atoms. The van der Waals surface area contributed by atoms with Gasteiger partial charge in [0.05, 0.1) is 54.7 Å². The number of nitro groups is 4. The molecule has 22 heteroatoms. The highest BCUT2D eigenvalue weighted by Gasteiger charge is 2.63. The lowest BCUT2D eigenvalue weighted by atomic mass is 9.57. The third kappa shape index (κ3) is 5.83. The first-order chi connectivity index (χ1) is 27.3. The average molecular weight is 819 g/mol. The van der Waals surface area contributed by atoms with Gasteiger partial charge in [-0.15, -0.1) is 0 Å². The highest BCUT2D eigenvalue weighted by atomic mass is 35.5. The second-order valence-electron chi connectivity index (χ2n) is 14.7. The fourth-order valence-electron chi connectivity index (χ4n) is 9.12. The number of amides is 4. The first-order valence-corrected chi connectivity index (χ1v) is 17.9. The Morgan fingerprint density at radius 3 is 1.48 bits per heavy atom. The minimum Gasteiger partial charge on any atom is -0.508 e. The lowest BCUT2D eigenvalue weighted by Crippen LogP contribution is -2.43. The van der Waals surface area contributed by atoms with Gasteiger partial charge < -0.3 is 14.9 Å². The van der Waals surface area contributed by atoms with Gasteiger partial charge in [-0.25, -0.2) is 9.80 Å². The SMILES string of the molecule is CN(C)c1c([N+](=O)[O-])cc(N2C(=O)C3CC=C4C(CC5C(=O)N(c6cc([N+](=O)[O-])c(N(C)C)c([N+](=O)[O-])c6)C(=O)C5C4c4ccc(O)cc4Cl)C3C2=O)cc1[N+](=O)[O-]. The van der Waals surface area contributed by atoms with Crippen LogP contribution < -0.4 is 19.6 Å². The van der Waals surface area contributed by atoms with Gasteiger partial charge in [0.2, 0.25) is 23.6 Å². The number of carbonyl (C=O) groups excluding carboxylic acids is 4. The second kappa shape index (κ2) is 13.9. The predicted molar refractivity (Wildman–Crippen MR) is 204 cm³/mol. The number of phenolic OH excluding ortho intramolecular Hbond substituents is 1. The van der Waals surface area contributed by atoms with E-state index in [1.54, 1.807) is 6.08 Å². The summed E-state index contributed by atoms with van der Waals surface area (Å²) in [4.78, 5) is 106. The van der Waals surface area contributed by atoms with Gasteiger partial charge in [0, 0.05) is 63.4 Å². The molecule has 2 aliphatic heterocycles. The molecule has 1 N–H and O–H groups in total. The maximum Gasteiger partial charge on any atom is 0.301 e. The first-order valence-electron chi connectivity index (χ1n) is 17.5. The van der Waals surface area contributed by atoms with Crippen LogP contribution in [0.25, 0.3) is 0 Å². The van der Waals surface area contributed by atoms with Crippen LogP contribution in [-0.4, -0.2) is 76.6 Å². The van der Waals surface area contributed by atoms with Crippen molar-refractivity contribution in [3.63, 3.8) is 0 Å². The molecule has 300 valence electrons. The number of hydrogen-bond acceptors (Lipinski definition) is 15. The summed E-state index contributed by atoms with van der Waals surface area (Å²) in [5.74, 6) is -10.6. The monoisotopic (exact) mass is 818 g/mol. The van der Waals surface area contributed by atoms with E-state index in [1.807, 2.05) is 0 Å². The van der Waals surface area contributed by atoms with Gasteiger partial charge in [0.1, 0.15) is 5.75 Å². The Morgan fingerprint density at radius 1 is 0.638 bits per heavy atom. The van der Waals surface area contributed by atoms with Crippen LogP contribution in [0.4, 0.5) is 45.5 Å². The predicted octanol–water partition coefficient (Wildman–Crippen LogP) is 4.86. The summed E-state index contributed by atoms with van der Waals surface area (Å²) in [6.07, 6.45) is 1.33. The van der Waals surface area contributed by atoms with E-state index in [-0.39, 0.29) is 40.6 Å². The number of imide groups is 2. The van der Waals surface area contributed by atoms with Crippen LogP contribution in [0.1, 0.15) is 24.3 Å². The fourth-order valence-corrected chi connectivity index (χ4v) is 9.42. The van der Waals surface area contributed by atoms with Gasteiger partial charge in [0.25, 0.3) is 0 Å². The Hall–Kier alpha value is -7.03. The summed E-state index contributed by atoms with van der Waals surface area (Å²) < 4.78 is 0. The minimum absolute atomic E-state index is 0.0243. The van der Waals surface area contributed by atoms with Crippen LogP contribution in [0, 0.1) is 70.0 Å². The molecule has 0 radical (unpaired) electrons. The van der Waals surface area contributed by atoms with E-state index >= 15 is 0 Å². The number of aromatic hydroxyl groups is 1. The zero-order valence-corrected chi connectivity index (χ0v) is 31.6. The molecule has 1 saturated carbocycles. The largest absolute Gasteiger partial charge is 0.508 e. The topological polar surface area (TPSA) is 274 Å². The van der Waals surface area contributed by atoms with E-state index in [0.717, 1.165) is 34.1 Å². The van der Waals surface area contributed by atoms with Crippen LogP contribution in [0.15, 0.2) is 54.1 Å². The number of nitro benzene ring substituents is 4. The third-order valence-electron chi connectivity index (χ3n) is 11.3. The summed E-state index contributed by atoms with van der Waals surface area (Å²) in [6.45, 7) is 0. The highest BCUT2D eigenvalue weighted by Crippen LogP contribution is 2.60. The quantitative estimate of drug-likeness (QED) is 0.131. The van der Waals surface area contributed by atoms with Crippen molar-refractivity contribution >= 4 is 80.7 Å². The third-order valence-corrected chi connectivity index (χ3v) is 11.6. The second-order valence-corrected chi connectivity index (χ2v) is 15.1. The van der Waals surface area contributed by atoms with Crippen LogP contribution in [0.2, 0.25) is 5.02 Å². The zero-order chi connectivity index (χ0) is 42.4. The fraction of sp³-hybridized carbons (Fsp3) is 0.333. The molecule has 2 heterocycles. The molecule has 4 amide bonds. The van der Waals surface area contributed by atoms with Gasteiger partial charge in [-0.3, -0.25) is 59.6 Å². The highest BCUT2D eigenvalue weighted by molar-refractivity contribution is 6.32. The van der Waals surface area contributed by atoms with E-state index in [2.05, 4.69) is 0 Å². The number of allylic oxidation sites excluding steroid dienone is 2. The van der Waals surface area contributed by atoms with Crippen LogP contribution in [-0.2, 0) is 19.2 Å². The number of halogens is 1. The summed E-state index contributed by atoms with van der Waals surface area (Å²) in [6, 6.07) is 7.49. The molecule has 58 heavy (non-hydrogen) atoms. The van der Waals surface area contributed by atoms with E-state index in [4.69, 9.17) is 11.6 Å². The minimum atomic E-state index is -1.27. The van der Waals surface area contributed by atoms with Crippen molar-refractivity contribution in [1.82, 2.24) is 0 Å². The molecule has 2 aliphatic carbocycles. The average Bonchev–Trinajstić information content (AvgIpc) is 3.56. The summed E-state index contributed by atoms with van der Waals surface area (Å²) in [5, 5.41) is 58.8. The maximum absolute atomic E-state index is 14.6. The number of rotatable bonds is 9. The van der Waals surface area contributed by atoms with Crippen molar-refractivity contribution in [2.75, 3.05) is 47.8 Å². The molecule has 4 aliphatic rings. The Morgan fingerprint density at radius 2 is 1.07 bits per heavy atom. The summed E-state index contributed by atoms with van der Waals surface area (Å²) >= 11 is 6.67. The molecule has 3 aromatic rings. The molecule has 3 fully saturated rings. The molecule has 2 saturated heterocycles. The van der Waals surface area contributed by atoms with Crippen molar-refractivity contribution in [1.29, 1.82) is 0 Å². The van der Waals surface area contributed by atoms with Gasteiger partial charge in [-0.1, -0.05) is 29.3 Å².